The number of carbonyl (C=O) groups excluding carboxylic acids is 2. The lowest BCUT2D eigenvalue weighted by molar-refractivity contribution is -0.145. The molecule has 0 aromatic carbocycles. The molecule has 0 saturated carbocycles. The average molecular weight is 292 g/mol. The maximum absolute atomic E-state index is 12.6. The third kappa shape index (κ3) is 3.30. The number of ether oxygens (including phenoxy) is 1. The van der Waals surface area contributed by atoms with Crippen molar-refractivity contribution < 1.29 is 14.3 Å². The van der Waals surface area contributed by atoms with Gasteiger partial charge in [0.1, 0.15) is 5.82 Å². The summed E-state index contributed by atoms with van der Waals surface area (Å²) < 4.78 is 5.46. The highest BCUT2D eigenvalue weighted by Crippen LogP contribution is 2.16. The van der Waals surface area contributed by atoms with Crippen LogP contribution in [0.25, 0.3) is 0 Å². The van der Waals surface area contributed by atoms with E-state index in [0.29, 0.717) is 24.5 Å². The first kappa shape index (κ1) is 15.2. The second kappa shape index (κ2) is 6.53. The SMILES string of the molecule is CNc1ncccc1C(=O)N1CCO[C@H](C(=O)N(C)C)C1. The first-order valence-electron chi connectivity index (χ1n) is 6.79. The molecule has 1 aromatic heterocycles. The van der Waals surface area contributed by atoms with Crippen LogP contribution in [0, 0.1) is 0 Å². The molecule has 0 radical (unpaired) electrons. The molecule has 21 heavy (non-hydrogen) atoms. The molecule has 1 atom stereocenters. The third-order valence-electron chi connectivity index (χ3n) is 3.34. The quantitative estimate of drug-likeness (QED) is 0.852. The number of rotatable bonds is 3. The summed E-state index contributed by atoms with van der Waals surface area (Å²) in [6.07, 6.45) is 1.02. The van der Waals surface area contributed by atoms with E-state index >= 15 is 0 Å². The molecular weight excluding hydrogens is 272 g/mol. The molecule has 2 amide bonds. The van der Waals surface area contributed by atoms with E-state index in [9.17, 15) is 9.59 Å². The fourth-order valence-corrected chi connectivity index (χ4v) is 2.22. The van der Waals surface area contributed by atoms with E-state index in [1.807, 2.05) is 0 Å². The molecule has 1 aliphatic rings. The Labute approximate surface area is 123 Å². The van der Waals surface area contributed by atoms with Gasteiger partial charge in [0.15, 0.2) is 6.10 Å². The number of likely N-dealkylation sites (N-methyl/N-ethyl adjacent to an activating group) is 1. The van der Waals surface area contributed by atoms with E-state index in [0.717, 1.165) is 0 Å². The molecule has 0 spiro atoms. The topological polar surface area (TPSA) is 74.8 Å². The van der Waals surface area contributed by atoms with Crippen molar-refractivity contribution in [3.8, 4) is 0 Å². The van der Waals surface area contributed by atoms with Gasteiger partial charge in [0.05, 0.1) is 18.7 Å². The Bertz CT molecular complexity index is 533. The highest BCUT2D eigenvalue weighted by atomic mass is 16.5. The van der Waals surface area contributed by atoms with Crippen LogP contribution in [0.2, 0.25) is 0 Å². The number of nitrogens with zero attached hydrogens (tertiary/aromatic N) is 3. The van der Waals surface area contributed by atoms with Crippen molar-refractivity contribution in [1.82, 2.24) is 14.8 Å². The predicted molar refractivity (Wildman–Crippen MR) is 78.1 cm³/mol. The fourth-order valence-electron chi connectivity index (χ4n) is 2.22. The van der Waals surface area contributed by atoms with Crippen molar-refractivity contribution in [3.05, 3.63) is 23.9 Å². The number of nitrogens with one attached hydrogen (secondary N) is 1. The molecule has 7 nitrogen and oxygen atoms in total. The Kier molecular flexibility index (Phi) is 4.74. The number of hydrogen-bond donors (Lipinski definition) is 1. The van der Waals surface area contributed by atoms with Crippen molar-refractivity contribution >= 4 is 17.6 Å². The lowest BCUT2D eigenvalue weighted by atomic mass is 10.2. The monoisotopic (exact) mass is 292 g/mol. The van der Waals surface area contributed by atoms with Crippen molar-refractivity contribution in [2.75, 3.05) is 46.2 Å². The summed E-state index contributed by atoms with van der Waals surface area (Å²) in [7, 11) is 5.07. The minimum absolute atomic E-state index is 0.132. The Morgan fingerprint density at radius 3 is 2.90 bits per heavy atom. The van der Waals surface area contributed by atoms with Crippen LogP contribution in [-0.2, 0) is 9.53 Å². The third-order valence-corrected chi connectivity index (χ3v) is 3.34. The van der Waals surface area contributed by atoms with Crippen molar-refractivity contribution in [2.24, 2.45) is 0 Å². The van der Waals surface area contributed by atoms with Crippen LogP contribution < -0.4 is 5.32 Å². The Morgan fingerprint density at radius 1 is 1.48 bits per heavy atom. The van der Waals surface area contributed by atoms with E-state index in [-0.39, 0.29) is 18.4 Å². The van der Waals surface area contributed by atoms with Crippen LogP contribution in [0.5, 0.6) is 0 Å². The van der Waals surface area contributed by atoms with Gasteiger partial charge >= 0.3 is 0 Å². The molecule has 1 N–H and O–H groups in total. The number of carbonyl (C=O) groups is 2. The summed E-state index contributed by atoms with van der Waals surface area (Å²) >= 11 is 0. The summed E-state index contributed by atoms with van der Waals surface area (Å²) in [5.41, 5.74) is 0.498. The Balaban J connectivity index is 2.14. The fraction of sp³-hybridized carbons (Fsp3) is 0.500. The molecule has 0 bridgehead atoms. The van der Waals surface area contributed by atoms with Gasteiger partial charge in [-0.15, -0.1) is 0 Å². The van der Waals surface area contributed by atoms with E-state index in [2.05, 4.69) is 10.3 Å². The van der Waals surface area contributed by atoms with Crippen LogP contribution in [0.15, 0.2) is 18.3 Å². The molecular formula is C14H20N4O3. The zero-order valence-electron chi connectivity index (χ0n) is 12.5. The maximum atomic E-state index is 12.6. The van der Waals surface area contributed by atoms with Crippen LogP contribution in [0.4, 0.5) is 5.82 Å². The number of aromatic nitrogens is 1. The van der Waals surface area contributed by atoms with Gasteiger partial charge in [0, 0.05) is 33.9 Å². The molecule has 1 fully saturated rings. The van der Waals surface area contributed by atoms with Gasteiger partial charge in [-0.1, -0.05) is 0 Å². The van der Waals surface area contributed by atoms with Crippen molar-refractivity contribution in [2.45, 2.75) is 6.10 Å². The first-order valence-corrected chi connectivity index (χ1v) is 6.79. The standard InChI is InChI=1S/C14H20N4O3/c1-15-12-10(5-4-6-16-12)13(19)18-7-8-21-11(9-18)14(20)17(2)3/h4-6,11H,7-9H2,1-3H3,(H,15,16)/t11-/m0/s1. The molecule has 0 aliphatic carbocycles. The highest BCUT2D eigenvalue weighted by Gasteiger charge is 2.31. The largest absolute Gasteiger partial charge is 0.372 e. The number of pyridine rings is 1. The number of anilines is 1. The summed E-state index contributed by atoms with van der Waals surface area (Å²) in [6, 6.07) is 3.44. The number of morpholine rings is 1. The molecule has 2 heterocycles. The van der Waals surface area contributed by atoms with Gasteiger partial charge in [0.25, 0.3) is 11.8 Å². The Hall–Kier alpha value is -2.15. The number of hydrogen-bond acceptors (Lipinski definition) is 5. The van der Waals surface area contributed by atoms with E-state index < -0.39 is 6.10 Å². The van der Waals surface area contributed by atoms with Crippen LogP contribution in [-0.4, -0.2) is 73.5 Å². The molecule has 0 unspecified atom stereocenters. The summed E-state index contributed by atoms with van der Waals surface area (Å²) in [5, 5.41) is 2.90. The second-order valence-electron chi connectivity index (χ2n) is 4.99. The average Bonchev–Trinajstić information content (AvgIpc) is 2.53. The lowest BCUT2D eigenvalue weighted by Crippen LogP contribution is -2.51. The predicted octanol–water partition coefficient (Wildman–Crippen LogP) is 0.0525. The van der Waals surface area contributed by atoms with E-state index in [4.69, 9.17) is 4.74 Å². The summed E-state index contributed by atoms with van der Waals surface area (Å²) in [6.45, 7) is 1.08. The smallest absolute Gasteiger partial charge is 0.257 e. The molecule has 2 rings (SSSR count). The molecule has 1 aliphatic heterocycles. The van der Waals surface area contributed by atoms with Gasteiger partial charge in [-0.2, -0.15) is 0 Å². The second-order valence-corrected chi connectivity index (χ2v) is 4.99. The van der Waals surface area contributed by atoms with Crippen molar-refractivity contribution in [3.63, 3.8) is 0 Å². The van der Waals surface area contributed by atoms with Gasteiger partial charge in [-0.05, 0) is 12.1 Å². The lowest BCUT2D eigenvalue weighted by Gasteiger charge is -2.33. The van der Waals surface area contributed by atoms with Gasteiger partial charge in [0.2, 0.25) is 0 Å². The molecule has 7 heteroatoms. The first-order chi connectivity index (χ1) is 10.0. The maximum Gasteiger partial charge on any atom is 0.257 e. The Morgan fingerprint density at radius 2 is 2.24 bits per heavy atom. The van der Waals surface area contributed by atoms with Gasteiger partial charge < -0.3 is 19.9 Å². The number of amides is 2. The zero-order chi connectivity index (χ0) is 15.4. The van der Waals surface area contributed by atoms with Gasteiger partial charge in [-0.3, -0.25) is 9.59 Å². The van der Waals surface area contributed by atoms with Crippen molar-refractivity contribution in [1.29, 1.82) is 0 Å². The van der Waals surface area contributed by atoms with Gasteiger partial charge in [-0.25, -0.2) is 4.98 Å². The molecule has 1 saturated heterocycles. The van der Waals surface area contributed by atoms with E-state index in [1.165, 1.54) is 4.90 Å². The van der Waals surface area contributed by atoms with Crippen LogP contribution in [0.3, 0.4) is 0 Å². The minimum atomic E-state index is -0.604. The molecule has 1 aromatic rings. The zero-order valence-corrected chi connectivity index (χ0v) is 12.5. The molecule has 114 valence electrons. The normalized spacial score (nSPS) is 18.2. The summed E-state index contributed by atoms with van der Waals surface area (Å²) in [5.74, 6) is 0.254. The van der Waals surface area contributed by atoms with Crippen LogP contribution >= 0.6 is 0 Å². The summed E-state index contributed by atoms with van der Waals surface area (Å²) in [4.78, 5) is 31.8. The van der Waals surface area contributed by atoms with E-state index in [1.54, 1.807) is 44.4 Å². The minimum Gasteiger partial charge on any atom is -0.372 e. The highest BCUT2D eigenvalue weighted by molar-refractivity contribution is 5.99. The van der Waals surface area contributed by atoms with Crippen LogP contribution in [0.1, 0.15) is 10.4 Å².